The summed E-state index contributed by atoms with van der Waals surface area (Å²) in [7, 11) is 1.58. The van der Waals surface area contributed by atoms with E-state index in [9.17, 15) is 4.79 Å². The van der Waals surface area contributed by atoms with Crippen LogP contribution in [0, 0.1) is 0 Å². The highest BCUT2D eigenvalue weighted by Gasteiger charge is 2.26. The van der Waals surface area contributed by atoms with E-state index in [0.717, 1.165) is 12.1 Å². The molecule has 2 rings (SSSR count). The number of rotatable bonds is 3. The Labute approximate surface area is 90.9 Å². The molecule has 1 N–H and O–H groups in total. The molecule has 0 saturated heterocycles. The van der Waals surface area contributed by atoms with Gasteiger partial charge in [0.05, 0.1) is 12.8 Å². The zero-order chi connectivity index (χ0) is 10.7. The quantitative estimate of drug-likeness (QED) is 0.773. The molecular weight excluding hydrogens is 190 g/mol. The van der Waals surface area contributed by atoms with E-state index in [-0.39, 0.29) is 5.78 Å². The fraction of sp³-hybridized carbons (Fsp3) is 0.750. The van der Waals surface area contributed by atoms with E-state index in [0.29, 0.717) is 18.2 Å². The average Bonchev–Trinajstić information content (AvgIpc) is 2.61. The molecule has 0 unspecified atom stereocenters. The summed E-state index contributed by atoms with van der Waals surface area (Å²) in [6.07, 6.45) is 7.87. The van der Waals surface area contributed by atoms with Gasteiger partial charge in [-0.05, 0) is 19.3 Å². The lowest BCUT2D eigenvalue weighted by atomic mass is 9.95. The van der Waals surface area contributed by atoms with Crippen molar-refractivity contribution in [2.75, 3.05) is 7.11 Å². The summed E-state index contributed by atoms with van der Waals surface area (Å²) in [5, 5.41) is 3.48. The van der Waals surface area contributed by atoms with Crippen molar-refractivity contribution in [2.24, 2.45) is 0 Å². The smallest absolute Gasteiger partial charge is 0.199 e. The van der Waals surface area contributed by atoms with Crippen LogP contribution >= 0.6 is 0 Å². The summed E-state index contributed by atoms with van der Waals surface area (Å²) in [5.41, 5.74) is 1.04. The molecule has 1 saturated carbocycles. The van der Waals surface area contributed by atoms with Gasteiger partial charge in [-0.3, -0.25) is 4.79 Å². The third-order valence-electron chi connectivity index (χ3n) is 3.32. The minimum absolute atomic E-state index is 0.149. The number of carbonyl (C=O) groups excluding carboxylic acids is 1. The van der Waals surface area contributed by atoms with Gasteiger partial charge >= 0.3 is 0 Å². The van der Waals surface area contributed by atoms with Gasteiger partial charge < -0.3 is 10.1 Å². The molecule has 0 aliphatic heterocycles. The number of allylic oxidation sites excluding steroid dienone is 2. The van der Waals surface area contributed by atoms with Gasteiger partial charge in [-0.15, -0.1) is 0 Å². The van der Waals surface area contributed by atoms with Crippen LogP contribution in [0.25, 0.3) is 0 Å². The monoisotopic (exact) mass is 209 g/mol. The number of Topliss-reactive ketones (excluding diaryl/α,β-unsaturated/α-hetero) is 1. The Kier molecular flexibility index (Phi) is 3.29. The SMILES string of the molecule is COC1=C(NC2CCCCC2)CCC1=O. The molecule has 0 bridgehead atoms. The summed E-state index contributed by atoms with van der Waals surface area (Å²) in [5.74, 6) is 0.719. The predicted octanol–water partition coefficient (Wildman–Crippen LogP) is 2.13. The van der Waals surface area contributed by atoms with Gasteiger partial charge in [0.1, 0.15) is 0 Å². The molecule has 0 aromatic heterocycles. The molecular formula is C12H19NO2. The van der Waals surface area contributed by atoms with Gasteiger partial charge in [0.15, 0.2) is 11.5 Å². The molecule has 15 heavy (non-hydrogen) atoms. The van der Waals surface area contributed by atoms with Crippen molar-refractivity contribution in [1.29, 1.82) is 0 Å². The molecule has 0 heterocycles. The number of hydrogen-bond acceptors (Lipinski definition) is 3. The third-order valence-corrected chi connectivity index (χ3v) is 3.32. The minimum atomic E-state index is 0.149. The molecule has 3 nitrogen and oxygen atoms in total. The Bertz CT molecular complexity index is 277. The maximum Gasteiger partial charge on any atom is 0.199 e. The van der Waals surface area contributed by atoms with Crippen molar-refractivity contribution in [2.45, 2.75) is 51.0 Å². The van der Waals surface area contributed by atoms with Crippen LogP contribution in [0.4, 0.5) is 0 Å². The molecule has 84 valence electrons. The molecule has 1 fully saturated rings. The van der Waals surface area contributed by atoms with Crippen LogP contribution in [0.5, 0.6) is 0 Å². The summed E-state index contributed by atoms with van der Waals surface area (Å²) in [4.78, 5) is 11.4. The largest absolute Gasteiger partial charge is 0.491 e. The number of nitrogens with one attached hydrogen (secondary N) is 1. The van der Waals surface area contributed by atoms with Crippen LogP contribution < -0.4 is 5.32 Å². The third kappa shape index (κ3) is 2.33. The fourth-order valence-corrected chi connectivity index (χ4v) is 2.50. The molecule has 0 aromatic rings. The average molecular weight is 209 g/mol. The molecule has 0 aromatic carbocycles. The van der Waals surface area contributed by atoms with Crippen LogP contribution in [0.3, 0.4) is 0 Å². The standard InChI is InChI=1S/C12H19NO2/c1-15-12-10(7-8-11(12)14)13-9-5-3-2-4-6-9/h9,13H,2-8H2,1H3. The fourth-order valence-electron chi connectivity index (χ4n) is 2.50. The Morgan fingerprint density at radius 1 is 1.20 bits per heavy atom. The lowest BCUT2D eigenvalue weighted by Crippen LogP contribution is -2.30. The lowest BCUT2D eigenvalue weighted by molar-refractivity contribution is -0.117. The number of hydrogen-bond donors (Lipinski definition) is 1. The van der Waals surface area contributed by atoms with Crippen LogP contribution in [-0.2, 0) is 9.53 Å². The van der Waals surface area contributed by atoms with E-state index >= 15 is 0 Å². The summed E-state index contributed by atoms with van der Waals surface area (Å²) in [6.45, 7) is 0. The number of methoxy groups -OCH3 is 1. The second-order valence-corrected chi connectivity index (χ2v) is 4.41. The predicted molar refractivity (Wildman–Crippen MR) is 58.3 cm³/mol. The Morgan fingerprint density at radius 2 is 1.93 bits per heavy atom. The van der Waals surface area contributed by atoms with Gasteiger partial charge in [0, 0.05) is 12.5 Å². The zero-order valence-corrected chi connectivity index (χ0v) is 9.34. The first kappa shape index (κ1) is 10.5. The van der Waals surface area contributed by atoms with Crippen LogP contribution in [0.1, 0.15) is 44.9 Å². The lowest BCUT2D eigenvalue weighted by Gasteiger charge is -2.24. The second kappa shape index (κ2) is 4.69. The summed E-state index contributed by atoms with van der Waals surface area (Å²) < 4.78 is 5.15. The van der Waals surface area contributed by atoms with E-state index in [4.69, 9.17) is 4.74 Å². The zero-order valence-electron chi connectivity index (χ0n) is 9.34. The maximum absolute atomic E-state index is 11.4. The number of ketones is 1. The van der Waals surface area contributed by atoms with E-state index < -0.39 is 0 Å². The highest BCUT2D eigenvalue weighted by Crippen LogP contribution is 2.25. The first-order chi connectivity index (χ1) is 7.31. The number of carbonyl (C=O) groups is 1. The number of ether oxygens (including phenoxy) is 1. The molecule has 2 aliphatic rings. The van der Waals surface area contributed by atoms with Crippen molar-refractivity contribution in [1.82, 2.24) is 5.32 Å². The Hall–Kier alpha value is -0.990. The van der Waals surface area contributed by atoms with Gasteiger partial charge in [-0.25, -0.2) is 0 Å². The van der Waals surface area contributed by atoms with Crippen molar-refractivity contribution in [3.63, 3.8) is 0 Å². The molecule has 0 amide bonds. The van der Waals surface area contributed by atoms with Crippen molar-refractivity contribution in [3.8, 4) is 0 Å². The summed E-state index contributed by atoms with van der Waals surface area (Å²) >= 11 is 0. The van der Waals surface area contributed by atoms with E-state index in [1.165, 1.54) is 32.1 Å². The second-order valence-electron chi connectivity index (χ2n) is 4.41. The van der Waals surface area contributed by atoms with Gasteiger partial charge in [0.2, 0.25) is 0 Å². The van der Waals surface area contributed by atoms with Gasteiger partial charge in [0.25, 0.3) is 0 Å². The molecule has 0 radical (unpaired) electrons. The first-order valence-corrected chi connectivity index (χ1v) is 5.88. The molecule has 0 atom stereocenters. The van der Waals surface area contributed by atoms with Gasteiger partial charge in [-0.2, -0.15) is 0 Å². The maximum atomic E-state index is 11.4. The van der Waals surface area contributed by atoms with Crippen molar-refractivity contribution < 1.29 is 9.53 Å². The first-order valence-electron chi connectivity index (χ1n) is 5.88. The van der Waals surface area contributed by atoms with Crippen molar-refractivity contribution in [3.05, 3.63) is 11.5 Å². The highest BCUT2D eigenvalue weighted by atomic mass is 16.5. The summed E-state index contributed by atoms with van der Waals surface area (Å²) in [6, 6.07) is 0.560. The van der Waals surface area contributed by atoms with Gasteiger partial charge in [-0.1, -0.05) is 19.3 Å². The normalized spacial score (nSPS) is 23.4. The van der Waals surface area contributed by atoms with E-state index in [1.54, 1.807) is 7.11 Å². The minimum Gasteiger partial charge on any atom is -0.491 e. The Morgan fingerprint density at radius 3 is 2.60 bits per heavy atom. The van der Waals surface area contributed by atoms with E-state index in [1.807, 2.05) is 0 Å². The molecule has 0 spiro atoms. The van der Waals surface area contributed by atoms with Crippen LogP contribution in [0.15, 0.2) is 11.5 Å². The Balaban J connectivity index is 1.97. The molecule has 3 heteroatoms. The molecule has 2 aliphatic carbocycles. The van der Waals surface area contributed by atoms with E-state index in [2.05, 4.69) is 5.32 Å². The van der Waals surface area contributed by atoms with Crippen molar-refractivity contribution >= 4 is 5.78 Å². The van der Waals surface area contributed by atoms with Crippen LogP contribution in [0.2, 0.25) is 0 Å². The van der Waals surface area contributed by atoms with Crippen LogP contribution in [-0.4, -0.2) is 18.9 Å². The highest BCUT2D eigenvalue weighted by molar-refractivity contribution is 5.96. The topological polar surface area (TPSA) is 38.3 Å².